The fraction of sp³-hybridized carbons (Fsp3) is 0.111. The molecule has 0 radical (unpaired) electrons. The number of nitrogens with two attached hydrogens (primary N) is 1. The summed E-state index contributed by atoms with van der Waals surface area (Å²) >= 11 is 0. The van der Waals surface area contributed by atoms with E-state index in [4.69, 9.17) is 5.73 Å². The highest BCUT2D eigenvalue weighted by atomic mass is 16.1. The second-order valence-electron chi connectivity index (χ2n) is 2.74. The Morgan fingerprint density at radius 1 is 1.42 bits per heavy atom. The van der Waals surface area contributed by atoms with Crippen LogP contribution in [0, 0.1) is 0 Å². The molecule has 1 amide bonds. The number of hydrogen-bond acceptors (Lipinski definition) is 2. The van der Waals surface area contributed by atoms with Gasteiger partial charge in [-0.2, -0.15) is 0 Å². The van der Waals surface area contributed by atoms with Crippen LogP contribution in [0.25, 0.3) is 0 Å². The lowest BCUT2D eigenvalue weighted by atomic mass is 10.0. The van der Waals surface area contributed by atoms with Crippen molar-refractivity contribution in [2.24, 2.45) is 4.99 Å². The van der Waals surface area contributed by atoms with E-state index in [-0.39, 0.29) is 5.91 Å². The minimum absolute atomic E-state index is 0.170. The zero-order valence-electron chi connectivity index (χ0n) is 6.45. The summed E-state index contributed by atoms with van der Waals surface area (Å²) in [5.74, 6) is -0.170. The highest BCUT2D eigenvalue weighted by Crippen LogP contribution is 2.17. The number of benzene rings is 1. The zero-order valence-corrected chi connectivity index (χ0v) is 6.45. The Morgan fingerprint density at radius 3 is 3.08 bits per heavy atom. The summed E-state index contributed by atoms with van der Waals surface area (Å²) in [4.78, 5) is 14.9. The van der Waals surface area contributed by atoms with Crippen LogP contribution in [0.2, 0.25) is 0 Å². The molecule has 0 bridgehead atoms. The summed E-state index contributed by atoms with van der Waals surface area (Å²) in [6, 6.07) is 5.26. The monoisotopic (exact) mass is 160 g/mol. The van der Waals surface area contributed by atoms with Crippen molar-refractivity contribution in [1.29, 1.82) is 0 Å². The van der Waals surface area contributed by atoms with Crippen LogP contribution in [-0.4, -0.2) is 12.1 Å². The molecular weight excluding hydrogens is 152 g/mol. The molecule has 0 aliphatic carbocycles. The van der Waals surface area contributed by atoms with Gasteiger partial charge in [-0.3, -0.25) is 4.79 Å². The van der Waals surface area contributed by atoms with Crippen molar-refractivity contribution in [1.82, 2.24) is 0 Å². The van der Waals surface area contributed by atoms with Gasteiger partial charge >= 0.3 is 0 Å². The van der Waals surface area contributed by atoms with E-state index in [0.29, 0.717) is 17.7 Å². The average molecular weight is 160 g/mol. The van der Waals surface area contributed by atoms with Crippen LogP contribution in [0.4, 0.5) is 5.69 Å². The summed E-state index contributed by atoms with van der Waals surface area (Å²) in [5.41, 5.74) is 7.90. The molecule has 0 saturated heterocycles. The second kappa shape index (κ2) is 2.44. The molecule has 60 valence electrons. The lowest BCUT2D eigenvalue weighted by Crippen LogP contribution is -2.08. The lowest BCUT2D eigenvalue weighted by molar-refractivity contribution is 0.100. The third-order valence-electron chi connectivity index (χ3n) is 1.88. The summed E-state index contributed by atoms with van der Waals surface area (Å²) in [6.07, 6.45) is 2.32. The van der Waals surface area contributed by atoms with Gasteiger partial charge in [0.1, 0.15) is 0 Å². The van der Waals surface area contributed by atoms with Gasteiger partial charge in [-0.25, -0.2) is 4.99 Å². The summed E-state index contributed by atoms with van der Waals surface area (Å²) in [5, 5.41) is 0. The number of carbonyl (C=O) groups is 1. The van der Waals surface area contributed by atoms with Gasteiger partial charge in [0.05, 0.1) is 0 Å². The maximum atomic E-state index is 11.2. The van der Waals surface area contributed by atoms with Gasteiger partial charge in [0, 0.05) is 23.9 Å². The number of anilines is 1. The minimum Gasteiger partial charge on any atom is -0.399 e. The Morgan fingerprint density at radius 2 is 2.25 bits per heavy atom. The van der Waals surface area contributed by atoms with Gasteiger partial charge in [-0.15, -0.1) is 0 Å². The SMILES string of the molecule is Nc1ccc2c(c1)CC=NC2=O. The van der Waals surface area contributed by atoms with E-state index in [0.717, 1.165) is 5.56 Å². The van der Waals surface area contributed by atoms with Crippen LogP contribution in [0.3, 0.4) is 0 Å². The first-order chi connectivity index (χ1) is 5.77. The van der Waals surface area contributed by atoms with E-state index in [1.54, 1.807) is 18.3 Å². The van der Waals surface area contributed by atoms with Crippen molar-refractivity contribution in [3.63, 3.8) is 0 Å². The molecule has 1 aromatic carbocycles. The molecule has 0 fully saturated rings. The van der Waals surface area contributed by atoms with E-state index < -0.39 is 0 Å². The maximum absolute atomic E-state index is 11.2. The van der Waals surface area contributed by atoms with Gasteiger partial charge in [-0.05, 0) is 23.8 Å². The first-order valence-electron chi connectivity index (χ1n) is 3.72. The number of fused-ring (bicyclic) bond motifs is 1. The molecule has 1 heterocycles. The Hall–Kier alpha value is -1.64. The highest BCUT2D eigenvalue weighted by molar-refractivity contribution is 6.03. The Labute approximate surface area is 69.9 Å². The fourth-order valence-electron chi connectivity index (χ4n) is 1.29. The van der Waals surface area contributed by atoms with Gasteiger partial charge in [0.25, 0.3) is 5.91 Å². The van der Waals surface area contributed by atoms with Crippen LogP contribution in [0.5, 0.6) is 0 Å². The van der Waals surface area contributed by atoms with Gasteiger partial charge in [0.2, 0.25) is 0 Å². The van der Waals surface area contributed by atoms with Crippen molar-refractivity contribution in [3.8, 4) is 0 Å². The molecule has 0 saturated carbocycles. The molecule has 0 atom stereocenters. The molecule has 0 aromatic heterocycles. The Bertz CT molecular complexity index is 369. The number of rotatable bonds is 0. The smallest absolute Gasteiger partial charge is 0.276 e. The van der Waals surface area contributed by atoms with Gasteiger partial charge in [0.15, 0.2) is 0 Å². The Balaban J connectivity index is 2.58. The van der Waals surface area contributed by atoms with Crippen LogP contribution in [-0.2, 0) is 6.42 Å². The van der Waals surface area contributed by atoms with Crippen molar-refractivity contribution in [2.75, 3.05) is 5.73 Å². The number of aliphatic imine (C=N–C) groups is 1. The molecule has 12 heavy (non-hydrogen) atoms. The second-order valence-corrected chi connectivity index (χ2v) is 2.74. The van der Waals surface area contributed by atoms with Crippen LogP contribution in [0.1, 0.15) is 15.9 Å². The van der Waals surface area contributed by atoms with Crippen LogP contribution >= 0.6 is 0 Å². The topological polar surface area (TPSA) is 55.4 Å². The summed E-state index contributed by atoms with van der Waals surface area (Å²) < 4.78 is 0. The molecule has 3 nitrogen and oxygen atoms in total. The number of hydrogen-bond donors (Lipinski definition) is 1. The summed E-state index contributed by atoms with van der Waals surface area (Å²) in [7, 11) is 0. The molecule has 2 rings (SSSR count). The van der Waals surface area contributed by atoms with Crippen molar-refractivity contribution in [2.45, 2.75) is 6.42 Å². The van der Waals surface area contributed by atoms with Gasteiger partial charge in [-0.1, -0.05) is 0 Å². The quantitative estimate of drug-likeness (QED) is 0.576. The summed E-state index contributed by atoms with van der Waals surface area (Å²) in [6.45, 7) is 0. The highest BCUT2D eigenvalue weighted by Gasteiger charge is 2.12. The van der Waals surface area contributed by atoms with Crippen molar-refractivity contribution >= 4 is 17.8 Å². The predicted octanol–water partition coefficient (Wildman–Crippen LogP) is 1.04. The number of nitrogens with zero attached hydrogens (tertiary/aromatic N) is 1. The van der Waals surface area contributed by atoms with E-state index >= 15 is 0 Å². The van der Waals surface area contributed by atoms with Crippen LogP contribution in [0.15, 0.2) is 23.2 Å². The predicted molar refractivity (Wildman–Crippen MR) is 47.4 cm³/mol. The fourth-order valence-corrected chi connectivity index (χ4v) is 1.29. The zero-order chi connectivity index (χ0) is 8.55. The molecule has 0 spiro atoms. The molecular formula is C9H8N2O. The van der Waals surface area contributed by atoms with Crippen molar-refractivity contribution < 1.29 is 4.79 Å². The molecule has 1 aliphatic rings. The first-order valence-corrected chi connectivity index (χ1v) is 3.72. The molecule has 1 aliphatic heterocycles. The van der Waals surface area contributed by atoms with E-state index in [1.165, 1.54) is 0 Å². The molecule has 2 N–H and O–H groups in total. The third kappa shape index (κ3) is 0.993. The van der Waals surface area contributed by atoms with Crippen molar-refractivity contribution in [3.05, 3.63) is 29.3 Å². The van der Waals surface area contributed by atoms with Crippen LogP contribution < -0.4 is 5.73 Å². The lowest BCUT2D eigenvalue weighted by Gasteiger charge is -2.08. The third-order valence-corrected chi connectivity index (χ3v) is 1.88. The van der Waals surface area contributed by atoms with E-state index in [9.17, 15) is 4.79 Å². The molecule has 3 heteroatoms. The Kier molecular flexibility index (Phi) is 1.43. The minimum atomic E-state index is -0.170. The number of amides is 1. The normalized spacial score (nSPS) is 14.5. The molecule has 0 unspecified atom stereocenters. The largest absolute Gasteiger partial charge is 0.399 e. The number of carbonyl (C=O) groups excluding carboxylic acids is 1. The first kappa shape index (κ1) is 7.03. The molecule has 1 aromatic rings. The average Bonchev–Trinajstić information content (AvgIpc) is 2.04. The van der Waals surface area contributed by atoms with E-state index in [1.807, 2.05) is 6.07 Å². The van der Waals surface area contributed by atoms with E-state index in [2.05, 4.69) is 4.99 Å². The number of nitrogen functional groups attached to an aromatic ring is 1. The van der Waals surface area contributed by atoms with Gasteiger partial charge < -0.3 is 5.73 Å². The maximum Gasteiger partial charge on any atom is 0.276 e. The standard InChI is InChI=1S/C9H8N2O/c10-7-1-2-8-6(5-7)3-4-11-9(8)12/h1-2,4-5H,3,10H2.